The molecule has 10 heteroatoms. The molecule has 3 aromatic heterocycles. The number of carbonyl (C=O) groups is 1. The molecular weight excluding hydrogens is 476 g/mol. The van der Waals surface area contributed by atoms with Crippen molar-refractivity contribution < 1.29 is 13.2 Å². The number of nitrogens with zero attached hydrogens (tertiary/aromatic N) is 5. The van der Waals surface area contributed by atoms with Gasteiger partial charge in [-0.2, -0.15) is 9.61 Å². The molecule has 1 atom stereocenters. The zero-order chi connectivity index (χ0) is 25.4. The summed E-state index contributed by atoms with van der Waals surface area (Å²) in [6, 6.07) is 13.7. The first-order chi connectivity index (χ1) is 17.3. The number of benzene rings is 1. The summed E-state index contributed by atoms with van der Waals surface area (Å²) in [6.45, 7) is 1.97. The van der Waals surface area contributed by atoms with Crippen LogP contribution in [-0.4, -0.2) is 51.6 Å². The topological polar surface area (TPSA) is 124 Å². The summed E-state index contributed by atoms with van der Waals surface area (Å²) in [4.78, 5) is 22.4. The minimum Gasteiger partial charge on any atom is -0.382 e. The highest BCUT2D eigenvalue weighted by Gasteiger charge is 2.27. The van der Waals surface area contributed by atoms with Crippen LogP contribution < -0.4 is 5.73 Å². The van der Waals surface area contributed by atoms with E-state index in [1.165, 1.54) is 4.52 Å². The van der Waals surface area contributed by atoms with Gasteiger partial charge in [0.05, 0.1) is 17.6 Å². The number of hydrogen-bond acceptors (Lipinski definition) is 7. The van der Waals surface area contributed by atoms with Crippen molar-refractivity contribution in [1.29, 1.82) is 0 Å². The van der Waals surface area contributed by atoms with Gasteiger partial charge in [0.2, 0.25) is 6.41 Å². The molecule has 0 spiro atoms. The zero-order valence-corrected chi connectivity index (χ0v) is 20.8. The number of rotatable bonds is 7. The van der Waals surface area contributed by atoms with Gasteiger partial charge in [-0.15, -0.1) is 0 Å². The van der Waals surface area contributed by atoms with E-state index in [4.69, 9.17) is 10.7 Å². The van der Waals surface area contributed by atoms with E-state index >= 15 is 0 Å². The number of anilines is 1. The molecule has 0 saturated carbocycles. The van der Waals surface area contributed by atoms with E-state index in [2.05, 4.69) is 10.1 Å². The first-order valence-corrected chi connectivity index (χ1v) is 13.4. The summed E-state index contributed by atoms with van der Waals surface area (Å²) < 4.78 is 26.7. The highest BCUT2D eigenvalue weighted by Crippen LogP contribution is 2.31. The second-order valence-electron chi connectivity index (χ2n) is 9.06. The Labute approximate surface area is 209 Å². The lowest BCUT2D eigenvalue weighted by atomic mass is 10.0. The van der Waals surface area contributed by atoms with Crippen LogP contribution >= 0.6 is 0 Å². The van der Waals surface area contributed by atoms with Crippen molar-refractivity contribution in [1.82, 2.24) is 24.5 Å². The molecule has 2 N–H and O–H groups in total. The molecule has 5 rings (SSSR count). The summed E-state index contributed by atoms with van der Waals surface area (Å²) >= 11 is 0. The van der Waals surface area contributed by atoms with Crippen LogP contribution in [-0.2, 0) is 21.1 Å². The predicted molar refractivity (Wildman–Crippen MR) is 138 cm³/mol. The third-order valence-electron chi connectivity index (χ3n) is 6.41. The van der Waals surface area contributed by atoms with Gasteiger partial charge < -0.3 is 10.6 Å². The molecule has 1 unspecified atom stereocenters. The molecule has 1 amide bonds. The van der Waals surface area contributed by atoms with Crippen LogP contribution in [0.1, 0.15) is 25.5 Å². The van der Waals surface area contributed by atoms with E-state index in [0.717, 1.165) is 41.5 Å². The molecule has 0 saturated heterocycles. The summed E-state index contributed by atoms with van der Waals surface area (Å²) in [6.07, 6.45) is 8.73. The Morgan fingerprint density at radius 3 is 2.56 bits per heavy atom. The zero-order valence-electron chi connectivity index (χ0n) is 20.0. The molecule has 1 aromatic carbocycles. The fraction of sp³-hybridized carbons (Fsp3) is 0.231. The van der Waals surface area contributed by atoms with Crippen LogP contribution in [0.2, 0.25) is 0 Å². The maximum atomic E-state index is 12.7. The van der Waals surface area contributed by atoms with Crippen LogP contribution in [0.15, 0.2) is 71.5 Å². The molecule has 1 aliphatic rings. The molecule has 4 aromatic rings. The lowest BCUT2D eigenvalue weighted by Gasteiger charge is -2.20. The summed E-state index contributed by atoms with van der Waals surface area (Å²) in [5.74, 6) is 0.0191. The molecule has 0 fully saturated rings. The second kappa shape index (κ2) is 9.19. The van der Waals surface area contributed by atoms with Crippen molar-refractivity contribution >= 4 is 27.7 Å². The predicted octanol–water partition coefficient (Wildman–Crippen LogP) is 3.51. The first kappa shape index (κ1) is 23.7. The van der Waals surface area contributed by atoms with Gasteiger partial charge >= 0.3 is 0 Å². The smallest absolute Gasteiger partial charge is 0.213 e. The average Bonchev–Trinajstić information content (AvgIpc) is 3.45. The van der Waals surface area contributed by atoms with E-state index in [1.807, 2.05) is 55.6 Å². The fourth-order valence-electron chi connectivity index (χ4n) is 4.72. The number of nitrogen functional groups attached to an aromatic ring is 1. The van der Waals surface area contributed by atoms with E-state index in [1.54, 1.807) is 17.3 Å². The number of nitrogens with two attached hydrogens (primary N) is 1. The van der Waals surface area contributed by atoms with Crippen molar-refractivity contribution in [2.45, 2.75) is 37.1 Å². The van der Waals surface area contributed by atoms with Gasteiger partial charge in [0, 0.05) is 41.4 Å². The number of amides is 1. The molecule has 9 nitrogen and oxygen atoms in total. The van der Waals surface area contributed by atoms with Crippen LogP contribution in [0.4, 0.5) is 5.82 Å². The Kier molecular flexibility index (Phi) is 6.05. The molecular formula is C26H26N6O3S. The van der Waals surface area contributed by atoms with E-state index in [0.29, 0.717) is 29.7 Å². The van der Waals surface area contributed by atoms with E-state index in [9.17, 15) is 13.2 Å². The molecule has 1 aliphatic heterocycles. The Hall–Kier alpha value is -4.05. The molecule has 0 radical (unpaired) electrons. The van der Waals surface area contributed by atoms with Crippen molar-refractivity contribution in [2.24, 2.45) is 0 Å². The number of aromatic nitrogens is 4. The van der Waals surface area contributed by atoms with Gasteiger partial charge in [-0.1, -0.05) is 42.0 Å². The minimum atomic E-state index is -3.68. The van der Waals surface area contributed by atoms with Crippen LogP contribution in [0.3, 0.4) is 0 Å². The minimum absolute atomic E-state index is 0.0191. The number of hydrogen-bond donors (Lipinski definition) is 1. The van der Waals surface area contributed by atoms with Crippen LogP contribution in [0, 0.1) is 0 Å². The lowest BCUT2D eigenvalue weighted by molar-refractivity contribution is -0.117. The summed E-state index contributed by atoms with van der Waals surface area (Å²) in [5.41, 5.74) is 11.6. The Morgan fingerprint density at radius 1 is 1.11 bits per heavy atom. The number of fused-ring (bicyclic) bond motifs is 1. The monoisotopic (exact) mass is 502 g/mol. The average molecular weight is 503 g/mol. The normalized spacial score (nSPS) is 15.9. The van der Waals surface area contributed by atoms with E-state index in [-0.39, 0.29) is 16.8 Å². The second-order valence-corrected chi connectivity index (χ2v) is 11.0. The highest BCUT2D eigenvalue weighted by molar-refractivity contribution is 7.91. The Morgan fingerprint density at radius 2 is 1.89 bits per heavy atom. The van der Waals surface area contributed by atoms with E-state index < -0.39 is 9.84 Å². The fourth-order valence-corrected chi connectivity index (χ4v) is 5.76. The van der Waals surface area contributed by atoms with Gasteiger partial charge in [0.1, 0.15) is 10.7 Å². The molecule has 0 bridgehead atoms. The third-order valence-corrected chi connectivity index (χ3v) is 7.59. The third kappa shape index (κ3) is 4.35. The van der Waals surface area contributed by atoms with Gasteiger partial charge in [-0.05, 0) is 32.3 Å². The quantitative estimate of drug-likeness (QED) is 0.384. The number of carbonyl (C=O) groups excluding carboxylic acids is 1. The number of pyridine rings is 1. The van der Waals surface area contributed by atoms with Crippen LogP contribution in [0.25, 0.3) is 28.0 Å². The van der Waals surface area contributed by atoms with Gasteiger partial charge in [0.15, 0.2) is 15.5 Å². The largest absolute Gasteiger partial charge is 0.382 e. The van der Waals surface area contributed by atoms with Crippen molar-refractivity contribution in [3.8, 4) is 22.4 Å². The van der Waals surface area contributed by atoms with Crippen molar-refractivity contribution in [3.05, 3.63) is 72.3 Å². The molecule has 4 heterocycles. The van der Waals surface area contributed by atoms with Gasteiger partial charge in [-0.25, -0.2) is 13.4 Å². The molecule has 184 valence electrons. The maximum absolute atomic E-state index is 12.7. The maximum Gasteiger partial charge on any atom is 0.213 e. The molecule has 36 heavy (non-hydrogen) atoms. The number of aryl methyl sites for hydroxylation is 1. The first-order valence-electron chi connectivity index (χ1n) is 11.5. The Balaban J connectivity index is 1.54. The highest BCUT2D eigenvalue weighted by atomic mass is 32.2. The van der Waals surface area contributed by atoms with Crippen molar-refractivity contribution in [2.75, 3.05) is 12.0 Å². The standard InChI is InChI=1S/C26H26N6O3S/c1-17-12-20(31(15-17)16-33)9-11-23-24(36(2,34)35)25(27)32-26(30-23)21(14-29-32)19-8-10-22(28-13-19)18-6-4-3-5-7-18/h3-8,10,13-16,20H,9,11-12,27H2,1-2H3. The summed E-state index contributed by atoms with van der Waals surface area (Å²) in [7, 11) is -3.68. The lowest BCUT2D eigenvalue weighted by Crippen LogP contribution is -2.26. The molecule has 0 aliphatic carbocycles. The SMILES string of the molecule is CC1=CN(C=O)C(CCc2nc3c(-c4ccc(-c5ccccc5)nc4)cnn3c(N)c2S(C)(=O)=O)C1. The van der Waals surface area contributed by atoms with Crippen molar-refractivity contribution in [3.63, 3.8) is 0 Å². The summed E-state index contributed by atoms with van der Waals surface area (Å²) in [5, 5.41) is 4.34. The van der Waals surface area contributed by atoms with Gasteiger partial charge in [-0.3, -0.25) is 9.78 Å². The number of sulfone groups is 1. The Bertz CT molecular complexity index is 1580. The van der Waals surface area contributed by atoms with Crippen LogP contribution in [0.5, 0.6) is 0 Å². The van der Waals surface area contributed by atoms with Gasteiger partial charge in [0.25, 0.3) is 0 Å².